The molecule has 0 bridgehead atoms. The molecule has 2 rings (SSSR count). The highest BCUT2D eigenvalue weighted by Gasteiger charge is 2.25. The van der Waals surface area contributed by atoms with Gasteiger partial charge in [0.1, 0.15) is 5.60 Å². The predicted octanol–water partition coefficient (Wildman–Crippen LogP) is 5.65. The maximum absolute atomic E-state index is 12.0. The van der Waals surface area contributed by atoms with E-state index in [4.69, 9.17) is 27.9 Å². The van der Waals surface area contributed by atoms with Crippen LogP contribution in [0.4, 0.5) is 4.79 Å². The quantitative estimate of drug-likeness (QED) is 0.685. The van der Waals surface area contributed by atoms with Crippen molar-refractivity contribution in [3.05, 3.63) is 39.9 Å². The van der Waals surface area contributed by atoms with E-state index in [1.165, 1.54) is 0 Å². The largest absolute Gasteiger partial charge is 0.444 e. The lowest BCUT2D eigenvalue weighted by atomic mass is 9.96. The molecule has 5 heteroatoms. The van der Waals surface area contributed by atoms with Gasteiger partial charge in [0.15, 0.2) is 0 Å². The topological polar surface area (TPSA) is 29.5 Å². The van der Waals surface area contributed by atoms with Crippen LogP contribution in [-0.4, -0.2) is 29.7 Å². The first kappa shape index (κ1) is 18.2. The Morgan fingerprint density at radius 1 is 1.22 bits per heavy atom. The maximum atomic E-state index is 12.0. The number of benzene rings is 1. The van der Waals surface area contributed by atoms with Crippen molar-refractivity contribution in [2.45, 2.75) is 39.2 Å². The zero-order chi connectivity index (χ0) is 17.0. The first-order valence-corrected chi connectivity index (χ1v) is 8.62. The number of amides is 1. The molecule has 0 aromatic heterocycles. The Kier molecular flexibility index (Phi) is 5.99. The minimum Gasteiger partial charge on any atom is -0.444 e. The normalized spacial score (nSPS) is 16.8. The summed E-state index contributed by atoms with van der Waals surface area (Å²) in [5, 5.41) is 1.31. The molecule has 1 heterocycles. The molecule has 0 aliphatic carbocycles. The Labute approximate surface area is 148 Å². The lowest BCUT2D eigenvalue weighted by Crippen LogP contribution is -2.41. The van der Waals surface area contributed by atoms with Crippen LogP contribution in [0.3, 0.4) is 0 Å². The average molecular weight is 356 g/mol. The van der Waals surface area contributed by atoms with Gasteiger partial charge in [0, 0.05) is 28.7 Å². The van der Waals surface area contributed by atoms with Gasteiger partial charge >= 0.3 is 6.09 Å². The van der Waals surface area contributed by atoms with Crippen LogP contribution in [0.25, 0.3) is 6.08 Å². The summed E-state index contributed by atoms with van der Waals surface area (Å²) in [6, 6.07) is 5.50. The van der Waals surface area contributed by atoms with Gasteiger partial charge in [-0.15, -0.1) is 0 Å². The highest BCUT2D eigenvalue weighted by Crippen LogP contribution is 2.27. The first-order chi connectivity index (χ1) is 10.8. The molecule has 1 aromatic carbocycles. The van der Waals surface area contributed by atoms with Crippen LogP contribution >= 0.6 is 23.2 Å². The standard InChI is InChI=1S/C18H23Cl2NO2/c1-18(2,3)23-17(22)21-11-9-13(10-12-21)7-8-14-15(19)5-4-6-16(14)20/h4-8,13H,9-12H2,1-3H3/b8-7+. The number of allylic oxidation sites excluding steroid dienone is 1. The lowest BCUT2D eigenvalue weighted by Gasteiger charge is -2.32. The van der Waals surface area contributed by atoms with Crippen molar-refractivity contribution in [1.29, 1.82) is 0 Å². The van der Waals surface area contributed by atoms with Gasteiger partial charge in [-0.05, 0) is 51.7 Å². The number of hydrogen-bond donors (Lipinski definition) is 0. The Morgan fingerprint density at radius 2 is 1.78 bits per heavy atom. The van der Waals surface area contributed by atoms with Crippen molar-refractivity contribution in [3.8, 4) is 0 Å². The number of hydrogen-bond acceptors (Lipinski definition) is 2. The number of carbonyl (C=O) groups excluding carboxylic acids is 1. The predicted molar refractivity (Wildman–Crippen MR) is 96.0 cm³/mol. The van der Waals surface area contributed by atoms with Crippen LogP contribution in [0.1, 0.15) is 39.2 Å². The fourth-order valence-corrected chi connectivity index (χ4v) is 3.03. The molecule has 1 aliphatic heterocycles. The molecule has 1 saturated heterocycles. The van der Waals surface area contributed by atoms with E-state index >= 15 is 0 Å². The van der Waals surface area contributed by atoms with Crippen molar-refractivity contribution in [3.63, 3.8) is 0 Å². The fourth-order valence-electron chi connectivity index (χ4n) is 2.50. The lowest BCUT2D eigenvalue weighted by molar-refractivity contribution is 0.0197. The summed E-state index contributed by atoms with van der Waals surface area (Å²) >= 11 is 12.3. The van der Waals surface area contributed by atoms with E-state index in [1.807, 2.05) is 45.0 Å². The average Bonchev–Trinajstić information content (AvgIpc) is 2.45. The van der Waals surface area contributed by atoms with Gasteiger partial charge in [-0.3, -0.25) is 0 Å². The van der Waals surface area contributed by atoms with Gasteiger partial charge in [0.25, 0.3) is 0 Å². The molecule has 0 unspecified atom stereocenters. The van der Waals surface area contributed by atoms with E-state index in [-0.39, 0.29) is 6.09 Å². The molecular formula is C18H23Cl2NO2. The van der Waals surface area contributed by atoms with E-state index in [0.717, 1.165) is 18.4 Å². The molecule has 126 valence electrons. The Bertz CT molecular complexity index is 565. The van der Waals surface area contributed by atoms with Gasteiger partial charge in [-0.1, -0.05) is 41.4 Å². The Hall–Kier alpha value is -1.19. The van der Waals surface area contributed by atoms with Crippen molar-refractivity contribution in [2.75, 3.05) is 13.1 Å². The summed E-state index contributed by atoms with van der Waals surface area (Å²) < 4.78 is 5.41. The molecule has 0 atom stereocenters. The third kappa shape index (κ3) is 5.43. The molecule has 0 saturated carbocycles. The second-order valence-corrected chi connectivity index (χ2v) is 7.61. The molecule has 1 aliphatic rings. The second kappa shape index (κ2) is 7.59. The zero-order valence-corrected chi connectivity index (χ0v) is 15.3. The Balaban J connectivity index is 1.90. The van der Waals surface area contributed by atoms with Crippen LogP contribution < -0.4 is 0 Å². The summed E-state index contributed by atoms with van der Waals surface area (Å²) in [5.41, 5.74) is 0.402. The molecule has 0 radical (unpaired) electrons. The molecule has 1 fully saturated rings. The fraction of sp³-hybridized carbons (Fsp3) is 0.500. The maximum Gasteiger partial charge on any atom is 0.410 e. The van der Waals surface area contributed by atoms with Gasteiger partial charge in [-0.25, -0.2) is 4.79 Å². The molecular weight excluding hydrogens is 333 g/mol. The molecule has 0 N–H and O–H groups in total. The summed E-state index contributed by atoms with van der Waals surface area (Å²) in [5.74, 6) is 0.418. The summed E-state index contributed by atoms with van der Waals surface area (Å²) in [6.45, 7) is 7.07. The minimum absolute atomic E-state index is 0.228. The molecule has 3 nitrogen and oxygen atoms in total. The number of ether oxygens (including phenoxy) is 1. The highest BCUT2D eigenvalue weighted by molar-refractivity contribution is 6.37. The SMILES string of the molecule is CC(C)(C)OC(=O)N1CCC(/C=C/c2c(Cl)cccc2Cl)CC1. The van der Waals surface area contributed by atoms with Crippen molar-refractivity contribution < 1.29 is 9.53 Å². The van der Waals surface area contributed by atoms with E-state index in [9.17, 15) is 4.79 Å². The number of rotatable bonds is 2. The van der Waals surface area contributed by atoms with E-state index < -0.39 is 5.60 Å². The van der Waals surface area contributed by atoms with Crippen molar-refractivity contribution >= 4 is 35.4 Å². The number of piperidine rings is 1. The van der Waals surface area contributed by atoms with Gasteiger partial charge < -0.3 is 9.64 Å². The highest BCUT2D eigenvalue weighted by atomic mass is 35.5. The second-order valence-electron chi connectivity index (χ2n) is 6.80. The van der Waals surface area contributed by atoms with Gasteiger partial charge in [0.05, 0.1) is 0 Å². The van der Waals surface area contributed by atoms with Gasteiger partial charge in [-0.2, -0.15) is 0 Å². The van der Waals surface area contributed by atoms with Crippen LogP contribution in [-0.2, 0) is 4.74 Å². The summed E-state index contributed by atoms with van der Waals surface area (Å²) in [4.78, 5) is 13.8. The van der Waals surface area contributed by atoms with Crippen LogP contribution in [0, 0.1) is 5.92 Å². The van der Waals surface area contributed by atoms with Gasteiger partial charge in [0.2, 0.25) is 0 Å². The van der Waals surface area contributed by atoms with Crippen LogP contribution in [0.15, 0.2) is 24.3 Å². The van der Waals surface area contributed by atoms with Crippen LogP contribution in [0.5, 0.6) is 0 Å². The molecule has 1 amide bonds. The van der Waals surface area contributed by atoms with E-state index in [0.29, 0.717) is 29.1 Å². The van der Waals surface area contributed by atoms with E-state index in [1.54, 1.807) is 4.90 Å². The summed E-state index contributed by atoms with van der Waals surface area (Å²) in [6.07, 6.45) is 5.72. The summed E-state index contributed by atoms with van der Waals surface area (Å²) in [7, 11) is 0. The van der Waals surface area contributed by atoms with Crippen LogP contribution in [0.2, 0.25) is 10.0 Å². The monoisotopic (exact) mass is 355 g/mol. The smallest absolute Gasteiger partial charge is 0.410 e. The Morgan fingerprint density at radius 3 is 2.30 bits per heavy atom. The minimum atomic E-state index is -0.450. The third-order valence-electron chi connectivity index (χ3n) is 3.73. The third-order valence-corrected chi connectivity index (χ3v) is 4.39. The van der Waals surface area contributed by atoms with Crippen molar-refractivity contribution in [1.82, 2.24) is 4.90 Å². The molecule has 1 aromatic rings. The van der Waals surface area contributed by atoms with Crippen molar-refractivity contribution in [2.24, 2.45) is 5.92 Å². The number of nitrogens with zero attached hydrogens (tertiary/aromatic N) is 1. The molecule has 0 spiro atoms. The number of likely N-dealkylation sites (tertiary alicyclic amines) is 1. The molecule has 23 heavy (non-hydrogen) atoms. The van der Waals surface area contributed by atoms with E-state index in [2.05, 4.69) is 6.08 Å². The first-order valence-electron chi connectivity index (χ1n) is 7.86. The number of halogens is 2. The number of carbonyl (C=O) groups is 1. The zero-order valence-electron chi connectivity index (χ0n) is 13.8.